The molecule has 0 spiro atoms. The molecule has 24 heavy (non-hydrogen) atoms. The standard InChI is InChI=1S/C17H15FN6/c1-11-9-24-12(2)14(22-16(24)8-20-11)10-23-7-6-19-17(23)13-4-3-5-15(18)21-13/h3-9H,10H2,1-2H3. The maximum Gasteiger partial charge on any atom is 0.213 e. The Balaban J connectivity index is 1.75. The van der Waals surface area contributed by atoms with Gasteiger partial charge >= 0.3 is 0 Å². The highest BCUT2D eigenvalue weighted by Crippen LogP contribution is 2.19. The molecular weight excluding hydrogens is 307 g/mol. The number of fused-ring (bicyclic) bond motifs is 1. The van der Waals surface area contributed by atoms with E-state index >= 15 is 0 Å². The lowest BCUT2D eigenvalue weighted by Gasteiger charge is -2.06. The van der Waals surface area contributed by atoms with Crippen molar-refractivity contribution >= 4 is 5.65 Å². The van der Waals surface area contributed by atoms with E-state index in [1.54, 1.807) is 24.5 Å². The SMILES string of the molecule is Cc1cn2c(C)c(Cn3ccnc3-c3cccc(F)n3)nc2cn1. The molecule has 0 N–H and O–H groups in total. The van der Waals surface area contributed by atoms with E-state index in [0.29, 0.717) is 18.1 Å². The summed E-state index contributed by atoms with van der Waals surface area (Å²) in [6.45, 7) is 4.49. The van der Waals surface area contributed by atoms with E-state index < -0.39 is 5.95 Å². The Morgan fingerprint density at radius 1 is 1.12 bits per heavy atom. The van der Waals surface area contributed by atoms with E-state index in [1.807, 2.05) is 35.2 Å². The first-order chi connectivity index (χ1) is 11.6. The van der Waals surface area contributed by atoms with Crippen molar-refractivity contribution in [3.8, 4) is 11.5 Å². The molecule has 0 amide bonds. The second-order valence-electron chi connectivity index (χ2n) is 5.63. The normalized spacial score (nSPS) is 11.3. The minimum Gasteiger partial charge on any atom is -0.324 e. The molecule has 0 aromatic carbocycles. The zero-order chi connectivity index (χ0) is 16.7. The van der Waals surface area contributed by atoms with Crippen molar-refractivity contribution in [2.24, 2.45) is 0 Å². The van der Waals surface area contributed by atoms with Crippen LogP contribution in [0.3, 0.4) is 0 Å². The van der Waals surface area contributed by atoms with Gasteiger partial charge in [-0.2, -0.15) is 4.39 Å². The van der Waals surface area contributed by atoms with Crippen molar-refractivity contribution < 1.29 is 4.39 Å². The third-order valence-corrected chi connectivity index (χ3v) is 3.95. The highest BCUT2D eigenvalue weighted by Gasteiger charge is 2.13. The summed E-state index contributed by atoms with van der Waals surface area (Å²) in [6.07, 6.45) is 7.24. The molecular formula is C17H15FN6. The monoisotopic (exact) mass is 322 g/mol. The van der Waals surface area contributed by atoms with Gasteiger partial charge in [-0.3, -0.25) is 4.98 Å². The molecule has 120 valence electrons. The Labute approximate surface area is 137 Å². The first-order valence-electron chi connectivity index (χ1n) is 7.56. The maximum atomic E-state index is 13.4. The molecule has 6 nitrogen and oxygen atoms in total. The highest BCUT2D eigenvalue weighted by atomic mass is 19.1. The van der Waals surface area contributed by atoms with Gasteiger partial charge in [-0.15, -0.1) is 0 Å². The fraction of sp³-hybridized carbons (Fsp3) is 0.176. The Bertz CT molecular complexity index is 1030. The molecule has 0 atom stereocenters. The van der Waals surface area contributed by atoms with Crippen LogP contribution >= 0.6 is 0 Å². The van der Waals surface area contributed by atoms with Gasteiger partial charge in [0.2, 0.25) is 5.95 Å². The summed E-state index contributed by atoms with van der Waals surface area (Å²) in [6, 6.07) is 4.69. The van der Waals surface area contributed by atoms with Gasteiger partial charge in [0.25, 0.3) is 0 Å². The second-order valence-corrected chi connectivity index (χ2v) is 5.63. The molecule has 4 heterocycles. The number of halogens is 1. The molecule has 0 aliphatic heterocycles. The molecule has 0 aliphatic carbocycles. The zero-order valence-electron chi connectivity index (χ0n) is 13.3. The van der Waals surface area contributed by atoms with Crippen LogP contribution in [0, 0.1) is 19.8 Å². The maximum absolute atomic E-state index is 13.4. The molecule has 4 aromatic rings. The molecule has 0 aliphatic rings. The zero-order valence-corrected chi connectivity index (χ0v) is 13.3. The van der Waals surface area contributed by atoms with E-state index in [4.69, 9.17) is 0 Å². The lowest BCUT2D eigenvalue weighted by Crippen LogP contribution is -2.04. The summed E-state index contributed by atoms with van der Waals surface area (Å²) in [5.41, 5.74) is 4.19. The van der Waals surface area contributed by atoms with Crippen LogP contribution in [-0.2, 0) is 6.54 Å². The number of aromatic nitrogens is 6. The first-order valence-corrected chi connectivity index (χ1v) is 7.56. The number of hydrogen-bond donors (Lipinski definition) is 0. The van der Waals surface area contributed by atoms with Crippen molar-refractivity contribution in [2.45, 2.75) is 20.4 Å². The fourth-order valence-corrected chi connectivity index (χ4v) is 2.73. The third-order valence-electron chi connectivity index (χ3n) is 3.95. The number of rotatable bonds is 3. The third kappa shape index (κ3) is 2.44. The van der Waals surface area contributed by atoms with Crippen LogP contribution in [-0.4, -0.2) is 28.9 Å². The molecule has 4 rings (SSSR count). The van der Waals surface area contributed by atoms with Crippen molar-refractivity contribution in [3.05, 3.63) is 66.0 Å². The lowest BCUT2D eigenvalue weighted by molar-refractivity contribution is 0.584. The molecule has 0 radical (unpaired) electrons. The van der Waals surface area contributed by atoms with Gasteiger partial charge in [0.05, 0.1) is 24.1 Å². The van der Waals surface area contributed by atoms with Gasteiger partial charge in [0.15, 0.2) is 11.5 Å². The summed E-state index contributed by atoms with van der Waals surface area (Å²) >= 11 is 0. The van der Waals surface area contributed by atoms with Crippen molar-refractivity contribution in [1.82, 2.24) is 28.9 Å². The van der Waals surface area contributed by atoms with E-state index in [1.165, 1.54) is 6.07 Å². The van der Waals surface area contributed by atoms with Gasteiger partial charge < -0.3 is 8.97 Å². The first kappa shape index (κ1) is 14.5. The van der Waals surface area contributed by atoms with Crippen LogP contribution in [0.1, 0.15) is 17.1 Å². The van der Waals surface area contributed by atoms with E-state index in [2.05, 4.69) is 19.9 Å². The van der Waals surface area contributed by atoms with E-state index in [0.717, 1.165) is 22.7 Å². The number of pyridine rings is 1. The molecule has 7 heteroatoms. The van der Waals surface area contributed by atoms with Crippen LogP contribution in [0.4, 0.5) is 4.39 Å². The minimum atomic E-state index is -0.521. The Morgan fingerprint density at radius 2 is 2.00 bits per heavy atom. The van der Waals surface area contributed by atoms with E-state index in [-0.39, 0.29) is 0 Å². The highest BCUT2D eigenvalue weighted by molar-refractivity contribution is 5.50. The summed E-state index contributed by atoms with van der Waals surface area (Å²) in [7, 11) is 0. The summed E-state index contributed by atoms with van der Waals surface area (Å²) in [4.78, 5) is 17.1. The smallest absolute Gasteiger partial charge is 0.213 e. The number of imidazole rings is 2. The summed E-state index contributed by atoms with van der Waals surface area (Å²) in [5.74, 6) is 0.0905. The van der Waals surface area contributed by atoms with E-state index in [9.17, 15) is 4.39 Å². The number of hydrogen-bond acceptors (Lipinski definition) is 4. The topological polar surface area (TPSA) is 60.9 Å². The Kier molecular flexibility index (Phi) is 3.34. The van der Waals surface area contributed by atoms with Crippen LogP contribution in [0.15, 0.2) is 43.0 Å². The lowest BCUT2D eigenvalue weighted by atomic mass is 10.3. The quantitative estimate of drug-likeness (QED) is 0.544. The van der Waals surface area contributed by atoms with Gasteiger partial charge in [0, 0.05) is 24.3 Å². The predicted octanol–water partition coefficient (Wildman–Crippen LogP) is 2.79. The van der Waals surface area contributed by atoms with Crippen molar-refractivity contribution in [3.63, 3.8) is 0 Å². The van der Waals surface area contributed by atoms with Crippen LogP contribution in [0.2, 0.25) is 0 Å². The van der Waals surface area contributed by atoms with Gasteiger partial charge in [-0.25, -0.2) is 15.0 Å². The second kappa shape index (κ2) is 5.52. The number of nitrogens with zero attached hydrogens (tertiary/aromatic N) is 6. The Hall–Kier alpha value is -3.09. The molecule has 0 saturated carbocycles. The van der Waals surface area contributed by atoms with Gasteiger partial charge in [-0.05, 0) is 26.0 Å². The summed E-state index contributed by atoms with van der Waals surface area (Å²) in [5, 5.41) is 0. The average molecular weight is 322 g/mol. The van der Waals surface area contributed by atoms with Gasteiger partial charge in [0.1, 0.15) is 5.69 Å². The molecule has 0 fully saturated rings. The predicted molar refractivity (Wildman–Crippen MR) is 87.0 cm³/mol. The molecule has 0 saturated heterocycles. The molecule has 0 unspecified atom stereocenters. The molecule has 4 aromatic heterocycles. The minimum absolute atomic E-state index is 0.499. The Morgan fingerprint density at radius 3 is 2.83 bits per heavy atom. The molecule has 0 bridgehead atoms. The van der Waals surface area contributed by atoms with Gasteiger partial charge in [-0.1, -0.05) is 6.07 Å². The summed E-state index contributed by atoms with van der Waals surface area (Å²) < 4.78 is 17.3. The van der Waals surface area contributed by atoms with Crippen molar-refractivity contribution in [2.75, 3.05) is 0 Å². The average Bonchev–Trinajstić information content (AvgIpc) is 3.14. The van der Waals surface area contributed by atoms with Crippen molar-refractivity contribution in [1.29, 1.82) is 0 Å². The number of aryl methyl sites for hydroxylation is 2. The van der Waals surface area contributed by atoms with Crippen LogP contribution in [0.25, 0.3) is 17.2 Å². The van der Waals surface area contributed by atoms with Crippen LogP contribution < -0.4 is 0 Å². The largest absolute Gasteiger partial charge is 0.324 e. The fourth-order valence-electron chi connectivity index (χ4n) is 2.73. The van der Waals surface area contributed by atoms with Crippen LogP contribution in [0.5, 0.6) is 0 Å².